The minimum absolute atomic E-state index is 0.132. The molecular formula is C15H20N4O2. The first-order valence-electron chi connectivity index (χ1n) is 6.98. The first-order valence-corrected chi connectivity index (χ1v) is 6.98. The van der Waals surface area contributed by atoms with Crippen LogP contribution in [-0.4, -0.2) is 22.1 Å². The van der Waals surface area contributed by atoms with Crippen molar-refractivity contribution in [2.24, 2.45) is 11.7 Å². The Kier molecular flexibility index (Phi) is 4.70. The number of nitrogens with one attached hydrogen (secondary N) is 1. The van der Waals surface area contributed by atoms with E-state index in [0.29, 0.717) is 17.4 Å². The fourth-order valence-corrected chi connectivity index (χ4v) is 1.89. The summed E-state index contributed by atoms with van der Waals surface area (Å²) in [5.41, 5.74) is 7.36. The lowest BCUT2D eigenvalue weighted by molar-refractivity contribution is -0.118. The molecule has 1 aromatic carbocycles. The number of carbonyl (C=O) groups is 1. The Morgan fingerprint density at radius 2 is 2.24 bits per heavy atom. The van der Waals surface area contributed by atoms with Gasteiger partial charge in [0.25, 0.3) is 0 Å². The van der Waals surface area contributed by atoms with Crippen LogP contribution in [0.4, 0.5) is 5.69 Å². The van der Waals surface area contributed by atoms with E-state index < -0.39 is 6.04 Å². The van der Waals surface area contributed by atoms with Crippen LogP contribution in [0.25, 0.3) is 11.4 Å². The molecule has 1 aromatic heterocycles. The molecule has 2 rings (SSSR count). The van der Waals surface area contributed by atoms with Gasteiger partial charge >= 0.3 is 0 Å². The first-order chi connectivity index (χ1) is 10.0. The van der Waals surface area contributed by atoms with E-state index in [1.165, 1.54) is 0 Å². The predicted octanol–water partition coefficient (Wildman–Crippen LogP) is 2.36. The van der Waals surface area contributed by atoms with Gasteiger partial charge in [-0.05, 0) is 18.1 Å². The zero-order chi connectivity index (χ0) is 15.4. The van der Waals surface area contributed by atoms with Gasteiger partial charge < -0.3 is 15.6 Å². The van der Waals surface area contributed by atoms with E-state index in [4.69, 9.17) is 10.3 Å². The fourth-order valence-electron chi connectivity index (χ4n) is 1.89. The Labute approximate surface area is 123 Å². The maximum Gasteiger partial charge on any atom is 0.241 e. The molecule has 0 bridgehead atoms. The summed E-state index contributed by atoms with van der Waals surface area (Å²) in [4.78, 5) is 16.2. The maximum absolute atomic E-state index is 12.1. The highest BCUT2D eigenvalue weighted by Crippen LogP contribution is 2.20. The Morgan fingerprint density at radius 3 is 2.86 bits per heavy atom. The lowest BCUT2D eigenvalue weighted by Gasteiger charge is -2.17. The van der Waals surface area contributed by atoms with Crippen molar-refractivity contribution >= 4 is 11.6 Å². The Bertz CT molecular complexity index is 624. The highest BCUT2D eigenvalue weighted by atomic mass is 16.5. The summed E-state index contributed by atoms with van der Waals surface area (Å²) >= 11 is 0. The van der Waals surface area contributed by atoms with Crippen molar-refractivity contribution in [3.63, 3.8) is 0 Å². The quantitative estimate of drug-likeness (QED) is 0.880. The van der Waals surface area contributed by atoms with Crippen LogP contribution in [0.3, 0.4) is 0 Å². The Morgan fingerprint density at radius 1 is 1.48 bits per heavy atom. The molecular weight excluding hydrogens is 268 g/mol. The number of hydrogen-bond acceptors (Lipinski definition) is 5. The van der Waals surface area contributed by atoms with Crippen LogP contribution < -0.4 is 11.1 Å². The normalized spacial score (nSPS) is 13.7. The second-order valence-electron chi connectivity index (χ2n) is 5.12. The van der Waals surface area contributed by atoms with Gasteiger partial charge in [-0.25, -0.2) is 0 Å². The van der Waals surface area contributed by atoms with E-state index >= 15 is 0 Å². The Balaban J connectivity index is 2.13. The fraction of sp³-hybridized carbons (Fsp3) is 0.400. The lowest BCUT2D eigenvalue weighted by Crippen LogP contribution is -2.40. The van der Waals surface area contributed by atoms with Crippen LogP contribution >= 0.6 is 0 Å². The number of nitrogens with zero attached hydrogens (tertiary/aromatic N) is 2. The zero-order valence-corrected chi connectivity index (χ0v) is 12.5. The minimum atomic E-state index is -0.522. The van der Waals surface area contributed by atoms with Crippen molar-refractivity contribution in [3.8, 4) is 11.4 Å². The number of anilines is 1. The number of nitrogens with two attached hydrogens (primary N) is 1. The number of benzene rings is 1. The average molecular weight is 288 g/mol. The second kappa shape index (κ2) is 6.49. The summed E-state index contributed by atoms with van der Waals surface area (Å²) < 4.78 is 4.96. The van der Waals surface area contributed by atoms with E-state index in [1.807, 2.05) is 26.0 Å². The summed E-state index contributed by atoms with van der Waals surface area (Å²) in [6.45, 7) is 5.70. The monoisotopic (exact) mass is 288 g/mol. The van der Waals surface area contributed by atoms with E-state index in [2.05, 4.69) is 15.5 Å². The summed E-state index contributed by atoms with van der Waals surface area (Å²) in [5, 5.41) is 6.68. The molecule has 0 saturated carbocycles. The van der Waals surface area contributed by atoms with Crippen LogP contribution in [0, 0.1) is 12.8 Å². The van der Waals surface area contributed by atoms with Crippen molar-refractivity contribution < 1.29 is 9.32 Å². The summed E-state index contributed by atoms with van der Waals surface area (Å²) in [7, 11) is 0. The first kappa shape index (κ1) is 15.2. The molecule has 2 aromatic rings. The molecule has 0 spiro atoms. The van der Waals surface area contributed by atoms with Gasteiger partial charge in [-0.2, -0.15) is 4.98 Å². The summed E-state index contributed by atoms with van der Waals surface area (Å²) in [5.74, 6) is 0.937. The predicted molar refractivity (Wildman–Crippen MR) is 80.5 cm³/mol. The van der Waals surface area contributed by atoms with Gasteiger partial charge in [0.2, 0.25) is 17.6 Å². The van der Waals surface area contributed by atoms with Gasteiger partial charge in [0.05, 0.1) is 6.04 Å². The molecule has 1 amide bonds. The van der Waals surface area contributed by atoms with Crippen LogP contribution in [-0.2, 0) is 4.79 Å². The van der Waals surface area contributed by atoms with Gasteiger partial charge in [0.1, 0.15) is 0 Å². The van der Waals surface area contributed by atoms with Gasteiger partial charge in [-0.1, -0.05) is 37.6 Å². The molecule has 0 fully saturated rings. The number of hydrogen-bond donors (Lipinski definition) is 2. The molecule has 0 saturated heterocycles. The number of amides is 1. The van der Waals surface area contributed by atoms with Gasteiger partial charge in [-0.3, -0.25) is 4.79 Å². The summed E-state index contributed by atoms with van der Waals surface area (Å²) in [6, 6.07) is 6.76. The maximum atomic E-state index is 12.1. The molecule has 0 radical (unpaired) electrons. The van der Waals surface area contributed by atoms with E-state index in [-0.39, 0.29) is 11.8 Å². The molecule has 1 heterocycles. The Hall–Kier alpha value is -2.21. The summed E-state index contributed by atoms with van der Waals surface area (Å²) in [6.07, 6.45) is 0.858. The van der Waals surface area contributed by atoms with Crippen molar-refractivity contribution in [1.29, 1.82) is 0 Å². The number of rotatable bonds is 5. The van der Waals surface area contributed by atoms with Crippen LogP contribution in [0.5, 0.6) is 0 Å². The van der Waals surface area contributed by atoms with Gasteiger partial charge in [0.15, 0.2) is 0 Å². The highest BCUT2D eigenvalue weighted by molar-refractivity contribution is 5.95. The molecule has 0 aliphatic heterocycles. The SMILES string of the molecule is CCC(C)C(N)C(=O)Nc1cccc(-c2noc(C)n2)c1. The number of aromatic nitrogens is 2. The molecule has 112 valence electrons. The molecule has 6 nitrogen and oxygen atoms in total. The third-order valence-electron chi connectivity index (χ3n) is 3.48. The third kappa shape index (κ3) is 3.66. The standard InChI is InChI=1S/C15H20N4O2/c1-4-9(2)13(16)15(20)18-12-7-5-6-11(8-12)14-17-10(3)21-19-14/h5-9,13H,4,16H2,1-3H3,(H,18,20). The highest BCUT2D eigenvalue weighted by Gasteiger charge is 2.19. The van der Waals surface area contributed by atoms with Crippen molar-refractivity contribution in [2.45, 2.75) is 33.2 Å². The molecule has 0 aliphatic carbocycles. The number of aryl methyl sites for hydroxylation is 1. The molecule has 6 heteroatoms. The topological polar surface area (TPSA) is 94.0 Å². The van der Waals surface area contributed by atoms with E-state index in [1.54, 1.807) is 19.1 Å². The molecule has 2 atom stereocenters. The molecule has 2 unspecified atom stereocenters. The molecule has 0 aliphatic rings. The smallest absolute Gasteiger partial charge is 0.241 e. The third-order valence-corrected chi connectivity index (χ3v) is 3.48. The lowest BCUT2D eigenvalue weighted by atomic mass is 9.99. The average Bonchev–Trinajstić information content (AvgIpc) is 2.92. The zero-order valence-electron chi connectivity index (χ0n) is 12.5. The largest absolute Gasteiger partial charge is 0.339 e. The van der Waals surface area contributed by atoms with E-state index in [9.17, 15) is 4.79 Å². The van der Waals surface area contributed by atoms with Crippen LogP contribution in [0.15, 0.2) is 28.8 Å². The van der Waals surface area contributed by atoms with Crippen molar-refractivity contribution in [1.82, 2.24) is 10.1 Å². The van der Waals surface area contributed by atoms with E-state index in [0.717, 1.165) is 12.0 Å². The molecule has 3 N–H and O–H groups in total. The van der Waals surface area contributed by atoms with Crippen LogP contribution in [0.1, 0.15) is 26.2 Å². The van der Waals surface area contributed by atoms with Crippen LogP contribution in [0.2, 0.25) is 0 Å². The minimum Gasteiger partial charge on any atom is -0.339 e. The van der Waals surface area contributed by atoms with Gasteiger partial charge in [0, 0.05) is 18.2 Å². The van der Waals surface area contributed by atoms with Crippen molar-refractivity contribution in [2.75, 3.05) is 5.32 Å². The number of carbonyl (C=O) groups excluding carboxylic acids is 1. The molecule has 21 heavy (non-hydrogen) atoms. The second-order valence-corrected chi connectivity index (χ2v) is 5.12. The van der Waals surface area contributed by atoms with Crippen molar-refractivity contribution in [3.05, 3.63) is 30.2 Å². The van der Waals surface area contributed by atoms with Gasteiger partial charge in [-0.15, -0.1) is 0 Å².